The van der Waals surface area contributed by atoms with Crippen molar-refractivity contribution in [3.8, 4) is 0 Å². The Morgan fingerprint density at radius 3 is 2.59 bits per heavy atom. The summed E-state index contributed by atoms with van der Waals surface area (Å²) in [5.41, 5.74) is 1.91. The molecule has 7 heteroatoms. The van der Waals surface area contributed by atoms with Crippen molar-refractivity contribution in [3.63, 3.8) is 0 Å². The van der Waals surface area contributed by atoms with Crippen molar-refractivity contribution < 1.29 is 22.8 Å². The number of nitrogens with zero attached hydrogens (tertiary/aromatic N) is 1. The van der Waals surface area contributed by atoms with Crippen molar-refractivity contribution >= 4 is 23.2 Å². The summed E-state index contributed by atoms with van der Waals surface area (Å²) in [6, 6.07) is 10.2. The topological polar surface area (TPSA) is 49.4 Å². The second-order valence-electron chi connectivity index (χ2n) is 6.76. The molecule has 0 spiro atoms. The molecule has 142 valence electrons. The average Bonchev–Trinajstić information content (AvgIpc) is 2.98. The van der Waals surface area contributed by atoms with E-state index in [2.05, 4.69) is 5.32 Å². The summed E-state index contributed by atoms with van der Waals surface area (Å²) in [7, 11) is 0. The zero-order chi connectivity index (χ0) is 19.8. The largest absolute Gasteiger partial charge is 0.416 e. The highest BCUT2D eigenvalue weighted by Crippen LogP contribution is 2.32. The van der Waals surface area contributed by atoms with Crippen LogP contribution in [0.1, 0.15) is 23.1 Å². The van der Waals surface area contributed by atoms with E-state index in [4.69, 9.17) is 0 Å². The average molecular weight is 376 g/mol. The van der Waals surface area contributed by atoms with Gasteiger partial charge in [0.25, 0.3) is 0 Å². The lowest BCUT2D eigenvalue weighted by atomic mass is 10.1. The van der Waals surface area contributed by atoms with Crippen LogP contribution >= 0.6 is 0 Å². The molecule has 0 aliphatic carbocycles. The number of carbonyl (C=O) groups excluding carboxylic acids is 2. The monoisotopic (exact) mass is 376 g/mol. The van der Waals surface area contributed by atoms with Gasteiger partial charge in [0.15, 0.2) is 0 Å². The summed E-state index contributed by atoms with van der Waals surface area (Å²) < 4.78 is 38.4. The minimum absolute atomic E-state index is 0.0260. The Morgan fingerprint density at radius 1 is 1.15 bits per heavy atom. The molecule has 1 saturated heterocycles. The van der Waals surface area contributed by atoms with Crippen molar-refractivity contribution in [1.29, 1.82) is 0 Å². The number of anilines is 2. The molecule has 1 aliphatic heterocycles. The quantitative estimate of drug-likeness (QED) is 0.868. The minimum atomic E-state index is -4.48. The predicted octanol–water partition coefficient (Wildman–Crippen LogP) is 4.31. The lowest BCUT2D eigenvalue weighted by Crippen LogP contribution is -2.28. The number of alkyl halides is 3. The molecule has 0 bridgehead atoms. The van der Waals surface area contributed by atoms with E-state index in [0.717, 1.165) is 28.9 Å². The summed E-state index contributed by atoms with van der Waals surface area (Å²) in [6.45, 7) is 4.01. The van der Waals surface area contributed by atoms with E-state index in [9.17, 15) is 22.8 Å². The molecule has 2 amide bonds. The van der Waals surface area contributed by atoms with Crippen molar-refractivity contribution in [2.75, 3.05) is 16.8 Å². The van der Waals surface area contributed by atoms with Gasteiger partial charge in [0.2, 0.25) is 11.8 Å². The molecule has 1 heterocycles. The van der Waals surface area contributed by atoms with Crippen molar-refractivity contribution in [3.05, 3.63) is 59.2 Å². The highest BCUT2D eigenvalue weighted by molar-refractivity contribution is 6.03. The van der Waals surface area contributed by atoms with E-state index in [0.29, 0.717) is 0 Å². The van der Waals surface area contributed by atoms with E-state index in [1.165, 1.54) is 12.1 Å². The standard InChI is InChI=1S/C20H19F3N2O2/c1-12-6-7-13(2)17(8-12)25-11-14(9-18(25)26)19(27)24-16-5-3-4-15(10-16)20(21,22)23/h3-8,10,14H,9,11H2,1-2H3,(H,24,27)/t14-/m1/s1. The first-order valence-electron chi connectivity index (χ1n) is 8.51. The first-order valence-corrected chi connectivity index (χ1v) is 8.51. The summed E-state index contributed by atoms with van der Waals surface area (Å²) >= 11 is 0. The van der Waals surface area contributed by atoms with E-state index in [1.54, 1.807) is 4.90 Å². The van der Waals surface area contributed by atoms with Crippen molar-refractivity contribution in [2.45, 2.75) is 26.4 Å². The molecule has 4 nitrogen and oxygen atoms in total. The van der Waals surface area contributed by atoms with Crippen LogP contribution in [0.15, 0.2) is 42.5 Å². The second-order valence-corrected chi connectivity index (χ2v) is 6.76. The van der Waals surface area contributed by atoms with Crippen LogP contribution in [0.5, 0.6) is 0 Å². The molecule has 0 saturated carbocycles. The van der Waals surface area contributed by atoms with Gasteiger partial charge in [-0.2, -0.15) is 13.2 Å². The van der Waals surface area contributed by atoms with Gasteiger partial charge in [-0.15, -0.1) is 0 Å². The molecule has 2 aromatic carbocycles. The molecule has 0 radical (unpaired) electrons. The Bertz CT molecular complexity index is 893. The third-order valence-corrected chi connectivity index (χ3v) is 4.61. The predicted molar refractivity (Wildman–Crippen MR) is 96.4 cm³/mol. The SMILES string of the molecule is Cc1ccc(C)c(N2C[C@H](C(=O)Nc3cccc(C(F)(F)F)c3)CC2=O)c1. The molecule has 1 aliphatic rings. The molecular weight excluding hydrogens is 357 g/mol. The van der Waals surface area contributed by atoms with Gasteiger partial charge >= 0.3 is 6.18 Å². The van der Waals surface area contributed by atoms with Gasteiger partial charge in [0, 0.05) is 24.3 Å². The number of rotatable bonds is 3. The van der Waals surface area contributed by atoms with Gasteiger partial charge in [-0.3, -0.25) is 9.59 Å². The Kier molecular flexibility index (Phi) is 4.95. The fraction of sp³-hybridized carbons (Fsp3) is 0.300. The Balaban J connectivity index is 1.74. The minimum Gasteiger partial charge on any atom is -0.326 e. The number of hydrogen-bond acceptors (Lipinski definition) is 2. The van der Waals surface area contributed by atoms with Crippen LogP contribution < -0.4 is 10.2 Å². The van der Waals surface area contributed by atoms with Crippen molar-refractivity contribution in [2.24, 2.45) is 5.92 Å². The first kappa shape index (κ1) is 18.9. The maximum atomic E-state index is 12.8. The third-order valence-electron chi connectivity index (χ3n) is 4.61. The lowest BCUT2D eigenvalue weighted by molar-refractivity contribution is -0.137. The second kappa shape index (κ2) is 7.06. The maximum absolute atomic E-state index is 12.8. The van der Waals surface area contributed by atoms with Gasteiger partial charge < -0.3 is 10.2 Å². The Hall–Kier alpha value is -2.83. The lowest BCUT2D eigenvalue weighted by Gasteiger charge is -2.19. The first-order chi connectivity index (χ1) is 12.6. The van der Waals surface area contributed by atoms with Gasteiger partial charge in [-0.25, -0.2) is 0 Å². The number of benzene rings is 2. The van der Waals surface area contributed by atoms with Crippen LogP contribution in [0, 0.1) is 19.8 Å². The van der Waals surface area contributed by atoms with Crippen LogP contribution in [0.3, 0.4) is 0 Å². The number of amides is 2. The summed E-state index contributed by atoms with van der Waals surface area (Å²) in [4.78, 5) is 26.4. The fourth-order valence-corrected chi connectivity index (χ4v) is 3.14. The van der Waals surface area contributed by atoms with Gasteiger partial charge in [-0.05, 0) is 49.2 Å². The molecule has 1 fully saturated rings. The number of nitrogens with one attached hydrogen (secondary N) is 1. The normalized spacial score (nSPS) is 17.3. The maximum Gasteiger partial charge on any atom is 0.416 e. The van der Waals surface area contributed by atoms with Gasteiger partial charge in [0.1, 0.15) is 0 Å². The van der Waals surface area contributed by atoms with E-state index < -0.39 is 23.6 Å². The molecule has 1 atom stereocenters. The molecule has 0 unspecified atom stereocenters. The van der Waals surface area contributed by atoms with E-state index in [-0.39, 0.29) is 24.6 Å². The highest BCUT2D eigenvalue weighted by atomic mass is 19.4. The molecule has 27 heavy (non-hydrogen) atoms. The third kappa shape index (κ3) is 4.13. The van der Waals surface area contributed by atoms with Crippen LogP contribution in [-0.2, 0) is 15.8 Å². The Morgan fingerprint density at radius 2 is 1.89 bits per heavy atom. The summed E-state index contributed by atoms with van der Waals surface area (Å²) in [5.74, 6) is -1.25. The number of hydrogen-bond donors (Lipinski definition) is 1. The zero-order valence-corrected chi connectivity index (χ0v) is 14.9. The highest BCUT2D eigenvalue weighted by Gasteiger charge is 2.36. The number of halogens is 3. The van der Waals surface area contributed by atoms with Crippen LogP contribution in [-0.4, -0.2) is 18.4 Å². The molecule has 3 rings (SSSR count). The molecule has 0 aromatic heterocycles. The summed E-state index contributed by atoms with van der Waals surface area (Å²) in [5, 5.41) is 2.50. The number of aryl methyl sites for hydroxylation is 2. The van der Waals surface area contributed by atoms with Crippen LogP contribution in [0.2, 0.25) is 0 Å². The van der Waals surface area contributed by atoms with Gasteiger partial charge in [0.05, 0.1) is 11.5 Å². The zero-order valence-electron chi connectivity index (χ0n) is 14.9. The van der Waals surface area contributed by atoms with Gasteiger partial charge in [-0.1, -0.05) is 18.2 Å². The molecule has 1 N–H and O–H groups in total. The van der Waals surface area contributed by atoms with Crippen LogP contribution in [0.25, 0.3) is 0 Å². The molecular formula is C20H19F3N2O2. The smallest absolute Gasteiger partial charge is 0.326 e. The van der Waals surface area contributed by atoms with E-state index in [1.807, 2.05) is 32.0 Å². The van der Waals surface area contributed by atoms with Crippen LogP contribution in [0.4, 0.5) is 24.5 Å². The summed E-state index contributed by atoms with van der Waals surface area (Å²) in [6.07, 6.45) is -4.46. The fourth-order valence-electron chi connectivity index (χ4n) is 3.14. The van der Waals surface area contributed by atoms with E-state index >= 15 is 0 Å². The molecule has 2 aromatic rings. The Labute approximate surface area is 155 Å². The van der Waals surface area contributed by atoms with Crippen molar-refractivity contribution in [1.82, 2.24) is 0 Å². The number of carbonyl (C=O) groups is 2.